The van der Waals surface area contributed by atoms with Gasteiger partial charge in [0.25, 0.3) is 5.91 Å². The SMILES string of the molecule is Cc1ccc(Cl)cc1NC(=O)/C(C#N)=C\Nc1ncc(Br)cn1. The number of nitriles is 1. The lowest BCUT2D eigenvalue weighted by atomic mass is 10.2. The van der Waals surface area contributed by atoms with Crippen molar-refractivity contribution in [2.45, 2.75) is 6.92 Å². The van der Waals surface area contributed by atoms with E-state index in [1.54, 1.807) is 30.6 Å². The van der Waals surface area contributed by atoms with Crippen molar-refractivity contribution in [3.63, 3.8) is 0 Å². The molecule has 2 aromatic rings. The fraction of sp³-hybridized carbons (Fsp3) is 0.0667. The van der Waals surface area contributed by atoms with Gasteiger partial charge >= 0.3 is 0 Å². The smallest absolute Gasteiger partial charge is 0.267 e. The molecular formula is C15H11BrClN5O. The molecule has 0 radical (unpaired) electrons. The maximum atomic E-state index is 12.1. The van der Waals surface area contributed by atoms with E-state index < -0.39 is 5.91 Å². The Bertz CT molecular complexity index is 799. The van der Waals surface area contributed by atoms with Gasteiger partial charge in [-0.3, -0.25) is 4.79 Å². The van der Waals surface area contributed by atoms with Crippen LogP contribution in [0.1, 0.15) is 5.56 Å². The number of nitrogens with one attached hydrogen (secondary N) is 2. The van der Waals surface area contributed by atoms with Gasteiger partial charge in [-0.1, -0.05) is 17.7 Å². The zero-order valence-electron chi connectivity index (χ0n) is 12.0. The first-order chi connectivity index (χ1) is 11.0. The maximum Gasteiger partial charge on any atom is 0.267 e. The third-order valence-electron chi connectivity index (χ3n) is 2.78. The molecule has 1 aromatic carbocycles. The first kappa shape index (κ1) is 16.9. The Labute approximate surface area is 146 Å². The van der Waals surface area contributed by atoms with Crippen molar-refractivity contribution in [1.82, 2.24) is 9.97 Å². The molecule has 6 nitrogen and oxygen atoms in total. The normalized spacial score (nSPS) is 10.8. The Morgan fingerprint density at radius 2 is 2.09 bits per heavy atom. The second-order valence-corrected chi connectivity index (χ2v) is 5.80. The number of carbonyl (C=O) groups is 1. The van der Waals surface area contributed by atoms with Crippen molar-refractivity contribution in [3.05, 3.63) is 57.4 Å². The van der Waals surface area contributed by atoms with Crippen LogP contribution in [-0.4, -0.2) is 15.9 Å². The monoisotopic (exact) mass is 391 g/mol. The number of nitrogens with zero attached hydrogens (tertiary/aromatic N) is 3. The molecule has 1 heterocycles. The van der Waals surface area contributed by atoms with Crippen molar-refractivity contribution >= 4 is 45.1 Å². The van der Waals surface area contributed by atoms with E-state index >= 15 is 0 Å². The van der Waals surface area contributed by atoms with Gasteiger partial charge in [0.05, 0.1) is 4.47 Å². The summed E-state index contributed by atoms with van der Waals surface area (Å²) in [5.41, 5.74) is 1.27. The van der Waals surface area contributed by atoms with E-state index in [1.807, 2.05) is 13.0 Å². The van der Waals surface area contributed by atoms with E-state index in [4.69, 9.17) is 16.9 Å². The van der Waals surface area contributed by atoms with E-state index in [2.05, 4.69) is 36.5 Å². The molecule has 1 amide bonds. The van der Waals surface area contributed by atoms with Crippen molar-refractivity contribution in [3.8, 4) is 6.07 Å². The molecule has 0 atom stereocenters. The van der Waals surface area contributed by atoms with Gasteiger partial charge in [0, 0.05) is 29.3 Å². The summed E-state index contributed by atoms with van der Waals surface area (Å²) in [7, 11) is 0. The fourth-order valence-corrected chi connectivity index (χ4v) is 1.97. The van der Waals surface area contributed by atoms with Crippen LogP contribution in [0.15, 0.2) is 46.8 Å². The topological polar surface area (TPSA) is 90.7 Å². The quantitative estimate of drug-likeness (QED) is 0.612. The predicted octanol–water partition coefficient (Wildman–Crippen LogP) is 3.66. The molecule has 0 saturated carbocycles. The zero-order valence-corrected chi connectivity index (χ0v) is 14.3. The minimum absolute atomic E-state index is 0.115. The number of halogens is 2. The average molecular weight is 393 g/mol. The summed E-state index contributed by atoms with van der Waals surface area (Å²) in [5.74, 6) is -0.282. The van der Waals surface area contributed by atoms with Gasteiger partial charge in [-0.25, -0.2) is 9.97 Å². The second-order valence-electron chi connectivity index (χ2n) is 4.45. The van der Waals surface area contributed by atoms with E-state index in [0.717, 1.165) is 10.0 Å². The summed E-state index contributed by atoms with van der Waals surface area (Å²) in [6.07, 6.45) is 4.34. The fourth-order valence-electron chi connectivity index (χ4n) is 1.59. The minimum Gasteiger partial charge on any atom is -0.329 e. The summed E-state index contributed by atoms with van der Waals surface area (Å²) in [5, 5.41) is 15.0. The Hall–Kier alpha value is -2.43. The number of aromatic nitrogens is 2. The van der Waals surface area contributed by atoms with Gasteiger partial charge in [0.2, 0.25) is 5.95 Å². The second kappa shape index (κ2) is 7.72. The molecule has 0 saturated heterocycles. The first-order valence-electron chi connectivity index (χ1n) is 6.41. The number of anilines is 2. The molecule has 0 spiro atoms. The van der Waals surface area contributed by atoms with E-state index in [0.29, 0.717) is 10.7 Å². The number of carbonyl (C=O) groups excluding carboxylic acids is 1. The Morgan fingerprint density at radius 3 is 2.74 bits per heavy atom. The molecule has 0 aliphatic heterocycles. The third-order valence-corrected chi connectivity index (χ3v) is 3.42. The molecule has 0 fully saturated rings. The standard InChI is InChI=1S/C15H11BrClN5O/c1-9-2-3-12(17)4-13(9)22-14(23)10(5-18)6-19-15-20-7-11(16)8-21-15/h2-4,6-8H,1H3,(H,22,23)(H,19,20,21)/b10-6-. The third kappa shape index (κ3) is 4.77. The Balaban J connectivity index is 2.12. The maximum absolute atomic E-state index is 12.1. The van der Waals surface area contributed by atoms with E-state index in [1.165, 1.54) is 6.20 Å². The van der Waals surface area contributed by atoms with Gasteiger partial charge in [-0.05, 0) is 40.5 Å². The summed E-state index contributed by atoms with van der Waals surface area (Å²) in [6, 6.07) is 6.95. The van der Waals surface area contributed by atoms with Crippen molar-refractivity contribution < 1.29 is 4.79 Å². The Kier molecular flexibility index (Phi) is 5.68. The molecule has 2 N–H and O–H groups in total. The molecule has 23 heavy (non-hydrogen) atoms. The number of hydrogen-bond donors (Lipinski definition) is 2. The molecule has 0 aliphatic carbocycles. The minimum atomic E-state index is -0.553. The van der Waals surface area contributed by atoms with Crippen molar-refractivity contribution in [2.75, 3.05) is 10.6 Å². The van der Waals surface area contributed by atoms with Crippen LogP contribution in [0.5, 0.6) is 0 Å². The summed E-state index contributed by atoms with van der Waals surface area (Å²) in [4.78, 5) is 20.1. The highest BCUT2D eigenvalue weighted by Crippen LogP contribution is 2.20. The van der Waals surface area contributed by atoms with Crippen LogP contribution in [0.2, 0.25) is 5.02 Å². The molecule has 0 bridgehead atoms. The lowest BCUT2D eigenvalue weighted by Gasteiger charge is -2.08. The van der Waals surface area contributed by atoms with Gasteiger partial charge < -0.3 is 10.6 Å². The van der Waals surface area contributed by atoms with Crippen LogP contribution >= 0.6 is 27.5 Å². The highest BCUT2D eigenvalue weighted by Gasteiger charge is 2.11. The Morgan fingerprint density at radius 1 is 1.39 bits per heavy atom. The molecule has 8 heteroatoms. The van der Waals surface area contributed by atoms with Gasteiger partial charge in [0.15, 0.2) is 0 Å². The zero-order chi connectivity index (χ0) is 16.8. The van der Waals surface area contributed by atoms with Crippen LogP contribution in [0.25, 0.3) is 0 Å². The molecule has 116 valence electrons. The van der Waals surface area contributed by atoms with Crippen molar-refractivity contribution in [1.29, 1.82) is 5.26 Å². The summed E-state index contributed by atoms with van der Waals surface area (Å²) >= 11 is 9.12. The summed E-state index contributed by atoms with van der Waals surface area (Å²) < 4.78 is 0.724. The molecule has 1 aromatic heterocycles. The van der Waals surface area contributed by atoms with Gasteiger partial charge in [0.1, 0.15) is 11.6 Å². The van der Waals surface area contributed by atoms with Crippen molar-refractivity contribution in [2.24, 2.45) is 0 Å². The first-order valence-corrected chi connectivity index (χ1v) is 7.58. The lowest BCUT2D eigenvalue weighted by Crippen LogP contribution is -2.15. The van der Waals surface area contributed by atoms with Crippen LogP contribution in [0.3, 0.4) is 0 Å². The number of aryl methyl sites for hydroxylation is 1. The number of amides is 1. The predicted molar refractivity (Wildman–Crippen MR) is 91.9 cm³/mol. The number of benzene rings is 1. The number of rotatable bonds is 4. The average Bonchev–Trinajstić information content (AvgIpc) is 2.53. The molecule has 0 unspecified atom stereocenters. The molecular weight excluding hydrogens is 382 g/mol. The largest absolute Gasteiger partial charge is 0.329 e. The number of hydrogen-bond acceptors (Lipinski definition) is 5. The van der Waals surface area contributed by atoms with Gasteiger partial charge in [-0.2, -0.15) is 5.26 Å². The highest BCUT2D eigenvalue weighted by atomic mass is 79.9. The van der Waals surface area contributed by atoms with Crippen LogP contribution in [-0.2, 0) is 4.79 Å². The molecule has 2 rings (SSSR count). The van der Waals surface area contributed by atoms with Crippen LogP contribution in [0, 0.1) is 18.3 Å². The van der Waals surface area contributed by atoms with E-state index in [-0.39, 0.29) is 11.5 Å². The van der Waals surface area contributed by atoms with Crippen LogP contribution in [0.4, 0.5) is 11.6 Å². The van der Waals surface area contributed by atoms with Crippen LogP contribution < -0.4 is 10.6 Å². The lowest BCUT2D eigenvalue weighted by molar-refractivity contribution is -0.112. The van der Waals surface area contributed by atoms with Gasteiger partial charge in [-0.15, -0.1) is 0 Å². The van der Waals surface area contributed by atoms with E-state index in [9.17, 15) is 4.79 Å². The highest BCUT2D eigenvalue weighted by molar-refractivity contribution is 9.10. The molecule has 0 aliphatic rings. The summed E-state index contributed by atoms with van der Waals surface area (Å²) in [6.45, 7) is 1.83.